The quantitative estimate of drug-likeness (QED) is 0.888. The maximum atomic E-state index is 5.70. The third-order valence-corrected chi connectivity index (χ3v) is 6.58. The van der Waals surface area contributed by atoms with Crippen molar-refractivity contribution in [2.45, 2.75) is 56.5 Å². The molecule has 4 rings (SSSR count). The van der Waals surface area contributed by atoms with Gasteiger partial charge in [0.25, 0.3) is 0 Å². The Morgan fingerprint density at radius 3 is 2.76 bits per heavy atom. The molecule has 1 unspecified atom stereocenters. The molecule has 0 amide bonds. The second-order valence-electron chi connectivity index (χ2n) is 7.88. The lowest BCUT2D eigenvalue weighted by molar-refractivity contribution is -0.0368. The number of hydrogen-bond acceptors (Lipinski definition) is 4. The first-order chi connectivity index (χ1) is 12.3. The van der Waals surface area contributed by atoms with E-state index in [-0.39, 0.29) is 0 Å². The predicted octanol–water partition coefficient (Wildman–Crippen LogP) is 3.31. The molecular weight excluding hydrogens is 312 g/mol. The van der Waals surface area contributed by atoms with Crippen molar-refractivity contribution in [2.24, 2.45) is 0 Å². The van der Waals surface area contributed by atoms with Gasteiger partial charge in [0.2, 0.25) is 0 Å². The Bertz CT molecular complexity index is 577. The molecule has 138 valence electrons. The minimum Gasteiger partial charge on any atom is -0.496 e. The number of likely N-dealkylation sites (tertiary alicyclic amines) is 1. The van der Waals surface area contributed by atoms with E-state index in [1.807, 2.05) is 0 Å². The number of nitrogens with zero attached hydrogens (tertiary/aromatic N) is 1. The minimum atomic E-state index is 0.292. The molecule has 25 heavy (non-hydrogen) atoms. The van der Waals surface area contributed by atoms with Crippen molar-refractivity contribution in [1.29, 1.82) is 0 Å². The predicted molar refractivity (Wildman–Crippen MR) is 100 cm³/mol. The SMILES string of the molecule is COc1cccc2c1CCC2NCC1(N2CCCCC2)CCOCC1. The zero-order chi connectivity index (χ0) is 17.1. The second kappa shape index (κ2) is 7.65. The molecule has 1 aromatic rings. The van der Waals surface area contributed by atoms with Crippen LogP contribution in [-0.4, -0.2) is 50.4 Å². The maximum absolute atomic E-state index is 5.70. The summed E-state index contributed by atoms with van der Waals surface area (Å²) in [7, 11) is 1.78. The summed E-state index contributed by atoms with van der Waals surface area (Å²) in [6, 6.07) is 6.97. The number of piperidine rings is 1. The van der Waals surface area contributed by atoms with Gasteiger partial charge in [-0.05, 0) is 68.8 Å². The van der Waals surface area contributed by atoms with E-state index < -0.39 is 0 Å². The molecule has 1 atom stereocenters. The van der Waals surface area contributed by atoms with Crippen LogP contribution in [0.5, 0.6) is 5.75 Å². The van der Waals surface area contributed by atoms with E-state index in [9.17, 15) is 0 Å². The lowest BCUT2D eigenvalue weighted by atomic mass is 9.85. The van der Waals surface area contributed by atoms with E-state index in [2.05, 4.69) is 28.4 Å². The Morgan fingerprint density at radius 1 is 1.20 bits per heavy atom. The average molecular weight is 344 g/mol. The average Bonchev–Trinajstić information content (AvgIpc) is 3.11. The molecule has 4 nitrogen and oxygen atoms in total. The number of ether oxygens (including phenoxy) is 2. The van der Waals surface area contributed by atoms with Crippen molar-refractivity contribution >= 4 is 0 Å². The van der Waals surface area contributed by atoms with E-state index in [4.69, 9.17) is 9.47 Å². The van der Waals surface area contributed by atoms with Crippen LogP contribution in [0.15, 0.2) is 18.2 Å². The van der Waals surface area contributed by atoms with Gasteiger partial charge < -0.3 is 14.8 Å². The Labute approximate surface area is 151 Å². The van der Waals surface area contributed by atoms with E-state index >= 15 is 0 Å². The summed E-state index contributed by atoms with van der Waals surface area (Å²) in [5.41, 5.74) is 3.14. The molecule has 2 heterocycles. The number of fused-ring (bicyclic) bond motifs is 1. The highest BCUT2D eigenvalue weighted by molar-refractivity contribution is 5.45. The zero-order valence-corrected chi connectivity index (χ0v) is 15.6. The lowest BCUT2D eigenvalue weighted by Crippen LogP contribution is -2.59. The monoisotopic (exact) mass is 344 g/mol. The number of methoxy groups -OCH3 is 1. The van der Waals surface area contributed by atoms with E-state index in [0.717, 1.165) is 44.8 Å². The summed E-state index contributed by atoms with van der Waals surface area (Å²) in [5, 5.41) is 3.94. The van der Waals surface area contributed by atoms with Gasteiger partial charge in [-0.15, -0.1) is 0 Å². The largest absolute Gasteiger partial charge is 0.496 e. The summed E-state index contributed by atoms with van der Waals surface area (Å²) in [5.74, 6) is 1.05. The molecule has 3 aliphatic rings. The zero-order valence-electron chi connectivity index (χ0n) is 15.6. The van der Waals surface area contributed by atoms with Crippen LogP contribution in [0.3, 0.4) is 0 Å². The Kier molecular flexibility index (Phi) is 5.30. The van der Waals surface area contributed by atoms with Gasteiger partial charge in [-0.2, -0.15) is 0 Å². The van der Waals surface area contributed by atoms with Crippen LogP contribution < -0.4 is 10.1 Å². The third-order valence-electron chi connectivity index (χ3n) is 6.58. The molecule has 1 N–H and O–H groups in total. The smallest absolute Gasteiger partial charge is 0.122 e. The van der Waals surface area contributed by atoms with Crippen molar-refractivity contribution in [3.05, 3.63) is 29.3 Å². The first-order valence-corrected chi connectivity index (χ1v) is 10.0. The van der Waals surface area contributed by atoms with Gasteiger partial charge in [0.05, 0.1) is 7.11 Å². The van der Waals surface area contributed by atoms with Gasteiger partial charge in [0.15, 0.2) is 0 Å². The van der Waals surface area contributed by atoms with Gasteiger partial charge in [-0.1, -0.05) is 18.6 Å². The number of rotatable bonds is 5. The fraction of sp³-hybridized carbons (Fsp3) is 0.714. The molecule has 0 radical (unpaired) electrons. The van der Waals surface area contributed by atoms with Gasteiger partial charge in [-0.3, -0.25) is 4.90 Å². The topological polar surface area (TPSA) is 33.7 Å². The number of benzene rings is 1. The van der Waals surface area contributed by atoms with Gasteiger partial charge in [0.1, 0.15) is 5.75 Å². The van der Waals surface area contributed by atoms with E-state index in [1.54, 1.807) is 7.11 Å². The van der Waals surface area contributed by atoms with Crippen LogP contribution in [0.2, 0.25) is 0 Å². The number of hydrogen-bond donors (Lipinski definition) is 1. The van der Waals surface area contributed by atoms with Crippen LogP contribution in [0.25, 0.3) is 0 Å². The van der Waals surface area contributed by atoms with Crippen molar-refractivity contribution in [3.8, 4) is 5.75 Å². The summed E-state index contributed by atoms with van der Waals surface area (Å²) in [6.07, 6.45) is 8.74. The van der Waals surface area contributed by atoms with Crippen molar-refractivity contribution in [1.82, 2.24) is 10.2 Å². The molecule has 1 aromatic carbocycles. The fourth-order valence-corrected chi connectivity index (χ4v) is 5.06. The van der Waals surface area contributed by atoms with E-state index in [1.165, 1.54) is 49.9 Å². The second-order valence-corrected chi connectivity index (χ2v) is 7.88. The molecule has 0 bridgehead atoms. The Balaban J connectivity index is 1.47. The normalized spacial score (nSPS) is 26.4. The molecule has 2 aliphatic heterocycles. The Hall–Kier alpha value is -1.10. The van der Waals surface area contributed by atoms with Gasteiger partial charge in [-0.25, -0.2) is 0 Å². The molecule has 0 aromatic heterocycles. The van der Waals surface area contributed by atoms with Crippen molar-refractivity contribution in [2.75, 3.05) is 40.0 Å². The molecule has 4 heteroatoms. The number of nitrogens with one attached hydrogen (secondary N) is 1. The summed E-state index contributed by atoms with van der Waals surface area (Å²) in [6.45, 7) is 5.42. The summed E-state index contributed by atoms with van der Waals surface area (Å²) in [4.78, 5) is 2.77. The highest BCUT2D eigenvalue weighted by atomic mass is 16.5. The van der Waals surface area contributed by atoms with Gasteiger partial charge in [0, 0.05) is 31.3 Å². The molecule has 1 aliphatic carbocycles. The molecular formula is C21H32N2O2. The summed E-state index contributed by atoms with van der Waals surface area (Å²) >= 11 is 0. The van der Waals surface area contributed by atoms with Crippen LogP contribution >= 0.6 is 0 Å². The van der Waals surface area contributed by atoms with E-state index in [0.29, 0.717) is 11.6 Å². The highest BCUT2D eigenvalue weighted by Gasteiger charge is 2.39. The third kappa shape index (κ3) is 3.44. The molecule has 0 saturated carbocycles. The van der Waals surface area contributed by atoms with Gasteiger partial charge >= 0.3 is 0 Å². The van der Waals surface area contributed by atoms with Crippen LogP contribution in [0.1, 0.15) is 55.7 Å². The van der Waals surface area contributed by atoms with Crippen molar-refractivity contribution in [3.63, 3.8) is 0 Å². The standard InChI is InChI=1S/C21H32N2O2/c1-24-20-7-5-6-17-18(20)8-9-19(17)22-16-21(10-14-25-15-11-21)23-12-3-2-4-13-23/h5-7,19,22H,2-4,8-16H2,1H3. The summed E-state index contributed by atoms with van der Waals surface area (Å²) < 4.78 is 11.3. The van der Waals surface area contributed by atoms with Crippen molar-refractivity contribution < 1.29 is 9.47 Å². The highest BCUT2D eigenvalue weighted by Crippen LogP contribution is 2.38. The maximum Gasteiger partial charge on any atom is 0.122 e. The molecule has 2 saturated heterocycles. The van der Waals surface area contributed by atoms with Crippen LogP contribution in [0, 0.1) is 0 Å². The Morgan fingerprint density at radius 2 is 2.00 bits per heavy atom. The fourth-order valence-electron chi connectivity index (χ4n) is 5.06. The minimum absolute atomic E-state index is 0.292. The molecule has 0 spiro atoms. The van der Waals surface area contributed by atoms with Crippen LogP contribution in [0.4, 0.5) is 0 Å². The molecule has 2 fully saturated rings. The van der Waals surface area contributed by atoms with Crippen LogP contribution in [-0.2, 0) is 11.2 Å². The lowest BCUT2D eigenvalue weighted by Gasteiger charge is -2.48. The first kappa shape index (κ1) is 17.3. The first-order valence-electron chi connectivity index (χ1n) is 10.0.